The third-order valence-electron chi connectivity index (χ3n) is 3.09. The Hall–Kier alpha value is -0.540. The van der Waals surface area contributed by atoms with Gasteiger partial charge in [-0.15, -0.1) is 11.6 Å². The Bertz CT molecular complexity index is 347. The van der Waals surface area contributed by atoms with E-state index in [1.807, 2.05) is 0 Å². The number of nitrogens with one attached hydrogen (secondary N) is 1. The van der Waals surface area contributed by atoms with Gasteiger partial charge in [-0.05, 0) is 31.7 Å². The highest BCUT2D eigenvalue weighted by Gasteiger charge is 2.11. The van der Waals surface area contributed by atoms with Gasteiger partial charge in [-0.2, -0.15) is 5.10 Å². The van der Waals surface area contributed by atoms with Crippen molar-refractivity contribution in [3.8, 4) is 0 Å². The van der Waals surface area contributed by atoms with E-state index in [9.17, 15) is 0 Å². The summed E-state index contributed by atoms with van der Waals surface area (Å²) >= 11 is 6.00. The van der Waals surface area contributed by atoms with Crippen LogP contribution in [0.4, 0.5) is 0 Å². The molecule has 0 aliphatic heterocycles. The zero-order chi connectivity index (χ0) is 13.5. The lowest BCUT2D eigenvalue weighted by Crippen LogP contribution is -2.32. The summed E-state index contributed by atoms with van der Waals surface area (Å²) in [5.41, 5.74) is 2.42. The molecule has 0 saturated heterocycles. The number of hydrogen-bond donors (Lipinski definition) is 1. The molecule has 0 saturated carbocycles. The van der Waals surface area contributed by atoms with Gasteiger partial charge in [0.15, 0.2) is 0 Å². The SMILES string of the molecule is CCc1cc(CNC(CCl)CC(C)C)n(CC)n1. The number of halogens is 1. The van der Waals surface area contributed by atoms with Crippen molar-refractivity contribution >= 4 is 11.6 Å². The molecule has 1 aromatic rings. The van der Waals surface area contributed by atoms with Crippen LogP contribution >= 0.6 is 11.6 Å². The topological polar surface area (TPSA) is 29.9 Å². The third kappa shape index (κ3) is 4.62. The predicted octanol–water partition coefficient (Wildman–Crippen LogP) is 3.21. The van der Waals surface area contributed by atoms with Gasteiger partial charge in [0.05, 0.1) is 11.4 Å². The molecule has 0 aliphatic rings. The van der Waals surface area contributed by atoms with Gasteiger partial charge >= 0.3 is 0 Å². The van der Waals surface area contributed by atoms with E-state index in [1.54, 1.807) is 0 Å². The van der Waals surface area contributed by atoms with Gasteiger partial charge in [0.1, 0.15) is 0 Å². The van der Waals surface area contributed by atoms with Crippen molar-refractivity contribution in [2.45, 2.75) is 59.7 Å². The summed E-state index contributed by atoms with van der Waals surface area (Å²) in [6, 6.07) is 2.58. The molecule has 1 rings (SSSR count). The number of rotatable bonds is 8. The lowest BCUT2D eigenvalue weighted by atomic mass is 10.1. The summed E-state index contributed by atoms with van der Waals surface area (Å²) in [5.74, 6) is 1.34. The minimum Gasteiger partial charge on any atom is -0.307 e. The summed E-state index contributed by atoms with van der Waals surface area (Å²) in [7, 11) is 0. The summed E-state index contributed by atoms with van der Waals surface area (Å²) < 4.78 is 2.08. The van der Waals surface area contributed by atoms with Crippen molar-refractivity contribution < 1.29 is 0 Å². The van der Waals surface area contributed by atoms with Gasteiger partial charge in [0.25, 0.3) is 0 Å². The van der Waals surface area contributed by atoms with Crippen LogP contribution in [0.3, 0.4) is 0 Å². The van der Waals surface area contributed by atoms with Crippen LogP contribution in [0.5, 0.6) is 0 Å². The molecule has 0 amide bonds. The van der Waals surface area contributed by atoms with Gasteiger partial charge < -0.3 is 5.32 Å². The highest BCUT2D eigenvalue weighted by Crippen LogP contribution is 2.09. The average molecular weight is 272 g/mol. The number of hydrogen-bond acceptors (Lipinski definition) is 2. The van der Waals surface area contributed by atoms with E-state index in [-0.39, 0.29) is 0 Å². The summed E-state index contributed by atoms with van der Waals surface area (Å²) in [6.07, 6.45) is 2.11. The molecular weight excluding hydrogens is 246 g/mol. The smallest absolute Gasteiger partial charge is 0.0625 e. The molecule has 1 heterocycles. The largest absolute Gasteiger partial charge is 0.307 e. The Morgan fingerprint density at radius 1 is 1.39 bits per heavy atom. The molecule has 0 fully saturated rings. The summed E-state index contributed by atoms with van der Waals surface area (Å²) in [5, 5.41) is 8.09. The summed E-state index contributed by atoms with van der Waals surface area (Å²) in [6.45, 7) is 10.5. The second-order valence-electron chi connectivity index (χ2n) is 5.16. The molecule has 18 heavy (non-hydrogen) atoms. The zero-order valence-corrected chi connectivity index (χ0v) is 12.8. The van der Waals surface area contributed by atoms with Crippen molar-refractivity contribution in [1.29, 1.82) is 0 Å². The standard InChI is InChI=1S/C14H26ClN3/c1-5-12-8-14(18(6-2)17-12)10-16-13(9-15)7-11(3)4/h8,11,13,16H,5-7,9-10H2,1-4H3. The first-order chi connectivity index (χ1) is 8.60. The monoisotopic (exact) mass is 271 g/mol. The van der Waals surface area contributed by atoms with E-state index in [0.717, 1.165) is 25.9 Å². The van der Waals surface area contributed by atoms with E-state index < -0.39 is 0 Å². The third-order valence-corrected chi connectivity index (χ3v) is 3.46. The van der Waals surface area contributed by atoms with E-state index >= 15 is 0 Å². The Kier molecular flexibility index (Phi) is 6.72. The number of aromatic nitrogens is 2. The molecule has 4 heteroatoms. The van der Waals surface area contributed by atoms with Crippen LogP contribution in [0, 0.1) is 5.92 Å². The van der Waals surface area contributed by atoms with Crippen LogP contribution in [0.1, 0.15) is 45.5 Å². The number of aryl methyl sites for hydroxylation is 2. The van der Waals surface area contributed by atoms with Crippen molar-refractivity contribution in [3.05, 3.63) is 17.5 Å². The van der Waals surface area contributed by atoms with Crippen LogP contribution < -0.4 is 5.32 Å². The Balaban J connectivity index is 2.58. The van der Waals surface area contributed by atoms with Crippen LogP contribution in [0.15, 0.2) is 6.07 Å². The normalized spacial score (nSPS) is 13.2. The maximum atomic E-state index is 6.00. The molecule has 3 nitrogen and oxygen atoms in total. The van der Waals surface area contributed by atoms with Gasteiger partial charge in [-0.1, -0.05) is 20.8 Å². The molecule has 1 N–H and O–H groups in total. The lowest BCUT2D eigenvalue weighted by molar-refractivity contribution is 0.436. The minimum absolute atomic E-state index is 0.386. The average Bonchev–Trinajstić information content (AvgIpc) is 2.76. The maximum Gasteiger partial charge on any atom is 0.0625 e. The lowest BCUT2D eigenvalue weighted by Gasteiger charge is -2.18. The van der Waals surface area contributed by atoms with Crippen LogP contribution in [-0.4, -0.2) is 21.7 Å². The van der Waals surface area contributed by atoms with E-state index in [0.29, 0.717) is 17.8 Å². The molecule has 104 valence electrons. The van der Waals surface area contributed by atoms with E-state index in [2.05, 4.69) is 48.9 Å². The maximum absolute atomic E-state index is 6.00. The fraction of sp³-hybridized carbons (Fsp3) is 0.786. The van der Waals surface area contributed by atoms with Gasteiger partial charge in [0, 0.05) is 25.0 Å². The summed E-state index contributed by atoms with van der Waals surface area (Å²) in [4.78, 5) is 0. The molecule has 0 spiro atoms. The van der Waals surface area contributed by atoms with Crippen LogP contribution in [0.25, 0.3) is 0 Å². The highest BCUT2D eigenvalue weighted by atomic mass is 35.5. The first-order valence-corrected chi connectivity index (χ1v) is 7.49. The van der Waals surface area contributed by atoms with Crippen molar-refractivity contribution in [1.82, 2.24) is 15.1 Å². The Morgan fingerprint density at radius 2 is 2.11 bits per heavy atom. The number of alkyl halides is 1. The quantitative estimate of drug-likeness (QED) is 0.736. The second-order valence-corrected chi connectivity index (χ2v) is 5.47. The van der Waals surface area contributed by atoms with Gasteiger partial charge in [0.2, 0.25) is 0 Å². The highest BCUT2D eigenvalue weighted by molar-refractivity contribution is 6.18. The first kappa shape index (κ1) is 15.5. The number of nitrogens with zero attached hydrogens (tertiary/aromatic N) is 2. The predicted molar refractivity (Wildman–Crippen MR) is 78.1 cm³/mol. The second kappa shape index (κ2) is 7.80. The van der Waals surface area contributed by atoms with E-state index in [1.165, 1.54) is 11.4 Å². The fourth-order valence-electron chi connectivity index (χ4n) is 2.12. The Morgan fingerprint density at radius 3 is 2.61 bits per heavy atom. The van der Waals surface area contributed by atoms with Gasteiger partial charge in [-0.25, -0.2) is 0 Å². The molecule has 1 unspecified atom stereocenters. The first-order valence-electron chi connectivity index (χ1n) is 6.95. The van der Waals surface area contributed by atoms with Crippen molar-refractivity contribution in [2.75, 3.05) is 5.88 Å². The van der Waals surface area contributed by atoms with Crippen LogP contribution in [0.2, 0.25) is 0 Å². The molecule has 0 radical (unpaired) electrons. The molecule has 1 aromatic heterocycles. The molecule has 0 bridgehead atoms. The van der Waals surface area contributed by atoms with E-state index in [4.69, 9.17) is 11.6 Å². The minimum atomic E-state index is 0.386. The van der Waals surface area contributed by atoms with Gasteiger partial charge in [-0.3, -0.25) is 4.68 Å². The van der Waals surface area contributed by atoms with Crippen LogP contribution in [-0.2, 0) is 19.5 Å². The molecule has 1 atom stereocenters. The Labute approximate surface area is 116 Å². The molecule has 0 aliphatic carbocycles. The van der Waals surface area contributed by atoms with Crippen molar-refractivity contribution in [3.63, 3.8) is 0 Å². The van der Waals surface area contributed by atoms with Crippen molar-refractivity contribution in [2.24, 2.45) is 5.92 Å². The molecular formula is C14H26ClN3. The fourth-order valence-corrected chi connectivity index (χ4v) is 2.36. The zero-order valence-electron chi connectivity index (χ0n) is 12.0. The molecule has 0 aromatic carbocycles.